The van der Waals surface area contributed by atoms with Crippen molar-refractivity contribution in [1.82, 2.24) is 24.9 Å². The van der Waals surface area contributed by atoms with Crippen LogP contribution in [0, 0.1) is 13.8 Å². The minimum Gasteiger partial charge on any atom is -0.360 e. The first-order chi connectivity index (χ1) is 13.6. The van der Waals surface area contributed by atoms with Gasteiger partial charge in [-0.3, -0.25) is 4.79 Å². The van der Waals surface area contributed by atoms with Crippen molar-refractivity contribution in [2.75, 3.05) is 5.32 Å². The smallest absolute Gasteiger partial charge is 0.257 e. The number of nitrogens with zero attached hydrogens (tertiary/aromatic N) is 5. The van der Waals surface area contributed by atoms with Crippen molar-refractivity contribution in [3.05, 3.63) is 59.2 Å². The molecule has 1 aliphatic rings. The van der Waals surface area contributed by atoms with E-state index in [4.69, 9.17) is 9.51 Å². The molecular weight excluding hydrogens is 356 g/mol. The summed E-state index contributed by atoms with van der Waals surface area (Å²) < 4.78 is 6.75. The zero-order valence-corrected chi connectivity index (χ0v) is 15.5. The van der Waals surface area contributed by atoms with Gasteiger partial charge in [0.05, 0.1) is 16.6 Å². The summed E-state index contributed by atoms with van der Waals surface area (Å²) in [6, 6.07) is 9.18. The number of nitrogens with one attached hydrogen (secondary N) is 1. The number of carbonyl (C=O) groups excluding carboxylic acids is 1. The van der Waals surface area contributed by atoms with Crippen molar-refractivity contribution in [3.8, 4) is 5.82 Å². The van der Waals surface area contributed by atoms with Gasteiger partial charge in [0.15, 0.2) is 17.3 Å². The quantitative estimate of drug-likeness (QED) is 0.586. The van der Waals surface area contributed by atoms with E-state index in [9.17, 15) is 4.79 Å². The van der Waals surface area contributed by atoms with Crippen molar-refractivity contribution in [3.63, 3.8) is 0 Å². The molecule has 0 aliphatic heterocycles. The first-order valence-corrected chi connectivity index (χ1v) is 9.16. The predicted octanol–water partition coefficient (Wildman–Crippen LogP) is 3.55. The van der Waals surface area contributed by atoms with Gasteiger partial charge in [-0.05, 0) is 44.9 Å². The summed E-state index contributed by atoms with van der Waals surface area (Å²) in [5.41, 5.74) is 2.80. The predicted molar refractivity (Wildman–Crippen MR) is 103 cm³/mol. The lowest BCUT2D eigenvalue weighted by atomic mass is 10.1. The van der Waals surface area contributed by atoms with Crippen LogP contribution in [0.1, 0.15) is 46.3 Å². The Kier molecular flexibility index (Phi) is 3.71. The molecule has 8 nitrogen and oxygen atoms in total. The van der Waals surface area contributed by atoms with Crippen molar-refractivity contribution >= 4 is 22.8 Å². The van der Waals surface area contributed by atoms with Gasteiger partial charge < -0.3 is 9.84 Å². The normalized spacial score (nSPS) is 13.8. The Bertz CT molecular complexity index is 1190. The van der Waals surface area contributed by atoms with E-state index in [-0.39, 0.29) is 5.91 Å². The van der Waals surface area contributed by atoms with Crippen LogP contribution in [0.2, 0.25) is 0 Å². The molecular formula is C20H18N6O2. The first kappa shape index (κ1) is 16.6. The molecule has 0 saturated heterocycles. The van der Waals surface area contributed by atoms with Crippen LogP contribution < -0.4 is 5.32 Å². The van der Waals surface area contributed by atoms with Gasteiger partial charge >= 0.3 is 0 Å². The number of rotatable bonds is 4. The average molecular weight is 374 g/mol. The molecule has 0 unspecified atom stereocenters. The molecule has 1 aliphatic carbocycles. The maximum atomic E-state index is 13.1. The molecule has 0 radical (unpaired) electrons. The Morgan fingerprint density at radius 1 is 1.25 bits per heavy atom. The first-order valence-electron chi connectivity index (χ1n) is 9.16. The summed E-state index contributed by atoms with van der Waals surface area (Å²) in [6.07, 6.45) is 3.88. The second-order valence-corrected chi connectivity index (χ2v) is 7.03. The van der Waals surface area contributed by atoms with Gasteiger partial charge in [0.25, 0.3) is 5.91 Å². The molecule has 1 saturated carbocycles. The van der Waals surface area contributed by atoms with Gasteiger partial charge in [-0.15, -0.1) is 0 Å². The number of anilines is 1. The lowest BCUT2D eigenvalue weighted by Crippen LogP contribution is -2.14. The topological polar surface area (TPSA) is 98.7 Å². The molecule has 140 valence electrons. The highest BCUT2D eigenvalue weighted by Crippen LogP contribution is 2.40. The van der Waals surface area contributed by atoms with Crippen molar-refractivity contribution in [2.24, 2.45) is 0 Å². The van der Waals surface area contributed by atoms with Crippen LogP contribution >= 0.6 is 0 Å². The Morgan fingerprint density at radius 3 is 2.79 bits per heavy atom. The van der Waals surface area contributed by atoms with E-state index in [1.54, 1.807) is 23.9 Å². The minimum absolute atomic E-state index is 0.258. The van der Waals surface area contributed by atoms with E-state index in [2.05, 4.69) is 20.6 Å². The van der Waals surface area contributed by atoms with Crippen LogP contribution in [0.4, 0.5) is 5.82 Å². The largest absolute Gasteiger partial charge is 0.360 e. The van der Waals surface area contributed by atoms with Gasteiger partial charge in [0, 0.05) is 23.9 Å². The fraction of sp³-hybridized carbons (Fsp3) is 0.250. The molecule has 5 rings (SSSR count). The van der Waals surface area contributed by atoms with E-state index in [1.165, 1.54) is 0 Å². The van der Waals surface area contributed by atoms with Gasteiger partial charge in [-0.1, -0.05) is 11.2 Å². The average Bonchev–Trinajstić information content (AvgIpc) is 3.40. The van der Waals surface area contributed by atoms with Crippen LogP contribution in [-0.2, 0) is 0 Å². The van der Waals surface area contributed by atoms with E-state index in [0.29, 0.717) is 39.9 Å². The van der Waals surface area contributed by atoms with Gasteiger partial charge in [-0.2, -0.15) is 9.78 Å². The molecule has 1 fully saturated rings. The highest BCUT2D eigenvalue weighted by atomic mass is 16.5. The molecule has 28 heavy (non-hydrogen) atoms. The lowest BCUT2D eigenvalue weighted by molar-refractivity contribution is 0.102. The molecule has 8 heteroatoms. The van der Waals surface area contributed by atoms with E-state index < -0.39 is 0 Å². The summed E-state index contributed by atoms with van der Waals surface area (Å²) in [5, 5.41) is 12.0. The van der Waals surface area contributed by atoms with Crippen LogP contribution in [0.3, 0.4) is 0 Å². The molecule has 1 amide bonds. The third-order valence-electron chi connectivity index (χ3n) is 4.81. The van der Waals surface area contributed by atoms with Crippen molar-refractivity contribution < 1.29 is 9.32 Å². The fourth-order valence-electron chi connectivity index (χ4n) is 3.32. The molecule has 4 aromatic heterocycles. The standard InChI is InChI=1S/C20H18N6O2/c1-11-9-16(25-28-11)23-20(27)14-10-15(13-6-7-13)22-19-18(14)12(2)24-26(19)17-5-3-4-8-21-17/h3-5,8-10,13H,6-7H2,1-2H3,(H,23,25,27). The number of carbonyl (C=O) groups is 1. The number of pyridine rings is 2. The maximum Gasteiger partial charge on any atom is 0.257 e. The summed E-state index contributed by atoms with van der Waals surface area (Å²) in [7, 11) is 0. The number of aromatic nitrogens is 5. The maximum absolute atomic E-state index is 13.1. The SMILES string of the molecule is Cc1cc(NC(=O)c2cc(C3CC3)nc3c2c(C)nn3-c2ccccn2)no1. The molecule has 1 N–H and O–H groups in total. The number of amides is 1. The summed E-state index contributed by atoms with van der Waals surface area (Å²) >= 11 is 0. The third-order valence-corrected chi connectivity index (χ3v) is 4.81. The summed E-state index contributed by atoms with van der Waals surface area (Å²) in [6.45, 7) is 3.65. The number of aryl methyl sites for hydroxylation is 2. The second kappa shape index (κ2) is 6.26. The molecule has 0 atom stereocenters. The van der Waals surface area contributed by atoms with Crippen molar-refractivity contribution in [2.45, 2.75) is 32.6 Å². The molecule has 0 aromatic carbocycles. The third kappa shape index (κ3) is 2.83. The second-order valence-electron chi connectivity index (χ2n) is 7.03. The molecule has 0 bridgehead atoms. The minimum atomic E-state index is -0.258. The number of hydrogen-bond acceptors (Lipinski definition) is 6. The Labute approximate surface area is 160 Å². The number of hydrogen-bond donors (Lipinski definition) is 1. The summed E-state index contributed by atoms with van der Waals surface area (Å²) in [5.74, 6) is 1.81. The van der Waals surface area contributed by atoms with Gasteiger partial charge in [0.2, 0.25) is 0 Å². The van der Waals surface area contributed by atoms with Crippen LogP contribution in [0.25, 0.3) is 16.9 Å². The Balaban J connectivity index is 1.67. The molecule has 4 aromatic rings. The van der Waals surface area contributed by atoms with E-state index in [0.717, 1.165) is 24.2 Å². The highest BCUT2D eigenvalue weighted by molar-refractivity contribution is 6.12. The summed E-state index contributed by atoms with van der Waals surface area (Å²) in [4.78, 5) is 22.3. The van der Waals surface area contributed by atoms with Crippen LogP contribution in [0.15, 0.2) is 41.1 Å². The van der Waals surface area contributed by atoms with E-state index >= 15 is 0 Å². The number of fused-ring (bicyclic) bond motifs is 1. The zero-order chi connectivity index (χ0) is 19.3. The Hall–Kier alpha value is -3.55. The van der Waals surface area contributed by atoms with E-state index in [1.807, 2.05) is 31.2 Å². The molecule has 0 spiro atoms. The zero-order valence-electron chi connectivity index (χ0n) is 15.5. The van der Waals surface area contributed by atoms with Gasteiger partial charge in [0.1, 0.15) is 5.76 Å². The fourth-order valence-corrected chi connectivity index (χ4v) is 3.32. The molecule has 4 heterocycles. The van der Waals surface area contributed by atoms with Crippen LogP contribution in [-0.4, -0.2) is 30.8 Å². The lowest BCUT2D eigenvalue weighted by Gasteiger charge is -2.08. The monoisotopic (exact) mass is 374 g/mol. The van der Waals surface area contributed by atoms with Crippen molar-refractivity contribution in [1.29, 1.82) is 0 Å². The van der Waals surface area contributed by atoms with Gasteiger partial charge in [-0.25, -0.2) is 9.97 Å². The van der Waals surface area contributed by atoms with Crippen LogP contribution in [0.5, 0.6) is 0 Å². The highest BCUT2D eigenvalue weighted by Gasteiger charge is 2.29. The Morgan fingerprint density at radius 2 is 2.11 bits per heavy atom.